The molecule has 1 fully saturated rings. The first-order chi connectivity index (χ1) is 42.8. The van der Waals surface area contributed by atoms with Crippen LogP contribution in [0.4, 0.5) is 0 Å². The number of hydrogen-bond acceptors (Lipinski definition) is 8. The van der Waals surface area contributed by atoms with Gasteiger partial charge in [-0.25, -0.2) is 0 Å². The van der Waals surface area contributed by atoms with Gasteiger partial charge in [0.1, 0.15) is 24.4 Å². The van der Waals surface area contributed by atoms with E-state index in [-0.39, 0.29) is 12.5 Å². The van der Waals surface area contributed by atoms with Crippen LogP contribution in [0.1, 0.15) is 322 Å². The van der Waals surface area contributed by atoms with Gasteiger partial charge in [-0.05, 0) is 83.5 Å². The molecule has 1 amide bonds. The summed E-state index contributed by atoms with van der Waals surface area (Å²) in [4.78, 5) is 13.2. The fourth-order valence-electron chi connectivity index (χ4n) is 11.2. The molecule has 0 radical (unpaired) electrons. The van der Waals surface area contributed by atoms with Crippen LogP contribution >= 0.6 is 0 Å². The second-order valence-corrected chi connectivity index (χ2v) is 25.0. The molecule has 0 bridgehead atoms. The number of nitrogens with one attached hydrogen (secondary N) is 1. The van der Waals surface area contributed by atoms with Gasteiger partial charge in [-0.1, -0.05) is 342 Å². The van der Waals surface area contributed by atoms with Gasteiger partial charge >= 0.3 is 0 Å². The molecular weight excluding hydrogens is 1080 g/mol. The highest BCUT2D eigenvalue weighted by atomic mass is 16.7. The molecular formula is C78H137NO8. The standard InChI is InChI=1S/C78H137NO8/c1-3-5-7-9-11-13-15-17-19-21-23-25-27-29-30-31-32-33-34-35-36-37-38-39-40-41-42-44-46-48-50-52-54-56-58-60-62-64-66-68-74(82)79-71(70-86-78-77(85)76(84)75(83)73(69-80)87-78)72(81)67-65-63-61-59-57-55-53-51-49-47-45-43-28-26-24-22-20-18-16-14-12-10-8-6-4-2/h5,7,11,13,17,19,23,25,29-30,32-33,35-36,38-39,41-42,71-73,75-78,80-81,83-85H,3-4,6,8-10,12,14-16,18,20-22,24,26-28,31,34,37,40,43-70H2,1-2H3,(H,79,82)/b7-5-,13-11-,19-17-,25-23-,30-29-,33-32-,36-35-,39-38-,42-41-. The largest absolute Gasteiger partial charge is 0.394 e. The number of aliphatic hydroxyl groups is 5. The fourth-order valence-corrected chi connectivity index (χ4v) is 11.2. The van der Waals surface area contributed by atoms with Crippen molar-refractivity contribution in [2.24, 2.45) is 0 Å². The van der Waals surface area contributed by atoms with Crippen molar-refractivity contribution in [1.29, 1.82) is 0 Å². The molecule has 0 saturated carbocycles. The molecule has 7 unspecified atom stereocenters. The van der Waals surface area contributed by atoms with Crippen LogP contribution < -0.4 is 5.32 Å². The Balaban J connectivity index is 2.12. The highest BCUT2D eigenvalue weighted by Crippen LogP contribution is 2.24. The topological polar surface area (TPSA) is 149 Å². The number of hydrogen-bond donors (Lipinski definition) is 6. The SMILES string of the molecule is CC/C=C\C/C=C\C/C=C\C/C=C\C/C=C\C/C=C\C/C=C\C/C=C\C/C=C\CCCCCCCCCCCCCC(=O)NC(COC1OC(CO)C(O)C(O)C1O)C(O)CCCCCCCCCCCCCCCCCCCCCCCCCCC. The zero-order chi connectivity index (χ0) is 62.8. The first-order valence-electron chi connectivity index (χ1n) is 36.6. The van der Waals surface area contributed by atoms with Gasteiger partial charge in [-0.2, -0.15) is 0 Å². The maximum Gasteiger partial charge on any atom is 0.220 e. The van der Waals surface area contributed by atoms with Gasteiger partial charge < -0.3 is 40.3 Å². The van der Waals surface area contributed by atoms with E-state index in [2.05, 4.69) is 129 Å². The van der Waals surface area contributed by atoms with Crippen molar-refractivity contribution in [2.45, 2.75) is 365 Å². The third kappa shape index (κ3) is 54.3. The molecule has 6 N–H and O–H groups in total. The first-order valence-corrected chi connectivity index (χ1v) is 36.6. The predicted octanol–water partition coefficient (Wildman–Crippen LogP) is 20.4. The van der Waals surface area contributed by atoms with E-state index in [1.807, 2.05) is 0 Å². The summed E-state index contributed by atoms with van der Waals surface area (Å²) in [6.07, 6.45) is 90.1. The van der Waals surface area contributed by atoms with E-state index in [9.17, 15) is 30.3 Å². The Kier molecular flexibility index (Phi) is 61.9. The zero-order valence-corrected chi connectivity index (χ0v) is 56.2. The van der Waals surface area contributed by atoms with Crippen molar-refractivity contribution in [1.82, 2.24) is 5.32 Å². The summed E-state index contributed by atoms with van der Waals surface area (Å²) in [5.41, 5.74) is 0. The molecule has 1 aliphatic rings. The molecule has 0 aliphatic carbocycles. The van der Waals surface area contributed by atoms with Crippen LogP contribution in [0.3, 0.4) is 0 Å². The van der Waals surface area contributed by atoms with Crippen molar-refractivity contribution in [2.75, 3.05) is 13.2 Å². The highest BCUT2D eigenvalue weighted by Gasteiger charge is 2.44. The van der Waals surface area contributed by atoms with E-state index < -0.39 is 49.5 Å². The van der Waals surface area contributed by atoms with Crippen LogP contribution in [0.25, 0.3) is 0 Å². The smallest absolute Gasteiger partial charge is 0.220 e. The Labute approximate surface area is 536 Å². The molecule has 0 aromatic carbocycles. The predicted molar refractivity (Wildman–Crippen MR) is 373 cm³/mol. The molecule has 1 aliphatic heterocycles. The number of carbonyl (C=O) groups is 1. The average Bonchev–Trinajstić information content (AvgIpc) is 3.38. The summed E-state index contributed by atoms with van der Waals surface area (Å²) in [6.45, 7) is 3.75. The van der Waals surface area contributed by atoms with E-state index >= 15 is 0 Å². The molecule has 0 aromatic rings. The third-order valence-electron chi connectivity index (χ3n) is 16.9. The minimum Gasteiger partial charge on any atom is -0.394 e. The van der Waals surface area contributed by atoms with Crippen molar-refractivity contribution >= 4 is 5.91 Å². The lowest BCUT2D eigenvalue weighted by Crippen LogP contribution is -2.60. The highest BCUT2D eigenvalue weighted by molar-refractivity contribution is 5.76. The summed E-state index contributed by atoms with van der Waals surface area (Å²) in [6, 6.07) is -0.729. The molecule has 0 aromatic heterocycles. The molecule has 87 heavy (non-hydrogen) atoms. The van der Waals surface area contributed by atoms with Crippen molar-refractivity contribution < 1.29 is 39.8 Å². The second-order valence-electron chi connectivity index (χ2n) is 25.0. The number of allylic oxidation sites excluding steroid dienone is 18. The van der Waals surface area contributed by atoms with E-state index in [1.165, 1.54) is 193 Å². The molecule has 502 valence electrons. The molecule has 7 atom stereocenters. The Bertz CT molecular complexity index is 1750. The molecule has 1 saturated heterocycles. The zero-order valence-electron chi connectivity index (χ0n) is 56.2. The first kappa shape index (κ1) is 81.9. The number of carbonyl (C=O) groups excluding carboxylic acids is 1. The van der Waals surface area contributed by atoms with Crippen LogP contribution in [-0.2, 0) is 14.3 Å². The number of rotatable bonds is 63. The Morgan fingerprint density at radius 3 is 1.06 bits per heavy atom. The Hall–Kier alpha value is -3.15. The lowest BCUT2D eigenvalue weighted by molar-refractivity contribution is -0.302. The number of aliphatic hydroxyl groups excluding tert-OH is 5. The number of amides is 1. The van der Waals surface area contributed by atoms with Gasteiger partial charge in [0.25, 0.3) is 0 Å². The lowest BCUT2D eigenvalue weighted by atomic mass is 9.99. The van der Waals surface area contributed by atoms with Gasteiger partial charge in [-0.15, -0.1) is 0 Å². The van der Waals surface area contributed by atoms with Crippen molar-refractivity contribution in [3.05, 3.63) is 109 Å². The average molecular weight is 1220 g/mol. The van der Waals surface area contributed by atoms with Crippen molar-refractivity contribution in [3.8, 4) is 0 Å². The van der Waals surface area contributed by atoms with Gasteiger partial charge in [0.05, 0.1) is 25.4 Å². The van der Waals surface area contributed by atoms with Gasteiger partial charge in [0.2, 0.25) is 5.91 Å². The molecule has 1 heterocycles. The normalized spacial score (nSPS) is 18.6. The van der Waals surface area contributed by atoms with Crippen LogP contribution in [0.5, 0.6) is 0 Å². The summed E-state index contributed by atoms with van der Waals surface area (Å²) < 4.78 is 11.4. The van der Waals surface area contributed by atoms with E-state index in [0.29, 0.717) is 12.8 Å². The van der Waals surface area contributed by atoms with Crippen LogP contribution in [0.15, 0.2) is 109 Å². The van der Waals surface area contributed by atoms with Gasteiger partial charge in [0, 0.05) is 6.42 Å². The van der Waals surface area contributed by atoms with E-state index in [0.717, 1.165) is 103 Å². The maximum absolute atomic E-state index is 13.2. The second kappa shape index (κ2) is 65.8. The lowest BCUT2D eigenvalue weighted by Gasteiger charge is -2.40. The molecule has 9 nitrogen and oxygen atoms in total. The van der Waals surface area contributed by atoms with E-state index in [1.54, 1.807) is 0 Å². The van der Waals surface area contributed by atoms with Crippen LogP contribution in [-0.4, -0.2) is 87.5 Å². The van der Waals surface area contributed by atoms with Crippen molar-refractivity contribution in [3.63, 3.8) is 0 Å². The van der Waals surface area contributed by atoms with E-state index in [4.69, 9.17) is 9.47 Å². The maximum atomic E-state index is 13.2. The summed E-state index contributed by atoms with van der Waals surface area (Å²) in [5.74, 6) is -0.147. The molecule has 1 rings (SSSR count). The summed E-state index contributed by atoms with van der Waals surface area (Å²) >= 11 is 0. The fraction of sp³-hybridized carbons (Fsp3) is 0.756. The molecule has 9 heteroatoms. The van der Waals surface area contributed by atoms with Gasteiger partial charge in [-0.3, -0.25) is 4.79 Å². The summed E-state index contributed by atoms with van der Waals surface area (Å²) in [7, 11) is 0. The Morgan fingerprint density at radius 2 is 0.713 bits per heavy atom. The van der Waals surface area contributed by atoms with Crippen LogP contribution in [0, 0.1) is 0 Å². The number of unbranched alkanes of at least 4 members (excludes halogenated alkanes) is 35. The minimum atomic E-state index is -1.56. The quantitative estimate of drug-likeness (QED) is 0.0261. The Morgan fingerprint density at radius 1 is 0.402 bits per heavy atom. The van der Waals surface area contributed by atoms with Crippen LogP contribution in [0.2, 0.25) is 0 Å². The molecule has 0 spiro atoms. The minimum absolute atomic E-state index is 0.142. The number of ether oxygens (including phenoxy) is 2. The summed E-state index contributed by atoms with van der Waals surface area (Å²) in [5, 5.41) is 55.0. The third-order valence-corrected chi connectivity index (χ3v) is 16.9. The monoisotopic (exact) mass is 1220 g/mol. The van der Waals surface area contributed by atoms with Gasteiger partial charge in [0.15, 0.2) is 6.29 Å².